The summed E-state index contributed by atoms with van der Waals surface area (Å²) in [5.74, 6) is 0. The lowest BCUT2D eigenvalue weighted by Crippen LogP contribution is -2.09. The van der Waals surface area contributed by atoms with Crippen molar-refractivity contribution < 1.29 is 0 Å². The summed E-state index contributed by atoms with van der Waals surface area (Å²) in [6.07, 6.45) is 12.5. The molecular formula is C11H22ClP. The molecule has 0 spiro atoms. The van der Waals surface area contributed by atoms with Crippen LogP contribution in [0.2, 0.25) is 0 Å². The molecular weight excluding hydrogens is 199 g/mol. The molecule has 1 aliphatic carbocycles. The first kappa shape index (κ1) is 11.8. The Morgan fingerprint density at radius 1 is 1.15 bits per heavy atom. The molecule has 1 fully saturated rings. The summed E-state index contributed by atoms with van der Waals surface area (Å²) in [6, 6.07) is 0. The van der Waals surface area contributed by atoms with Crippen molar-refractivity contribution in [3.63, 3.8) is 0 Å². The Kier molecular flexibility index (Phi) is 6.41. The van der Waals surface area contributed by atoms with E-state index >= 15 is 0 Å². The third-order valence-corrected chi connectivity index (χ3v) is 6.33. The average molecular weight is 221 g/mol. The first-order valence-electron chi connectivity index (χ1n) is 5.77. The molecule has 1 saturated carbocycles. The van der Waals surface area contributed by atoms with Crippen LogP contribution in [0.5, 0.6) is 0 Å². The Balaban J connectivity index is 2.09. The highest BCUT2D eigenvalue weighted by Gasteiger charge is 2.20. The van der Waals surface area contributed by atoms with Crippen LogP contribution in [-0.4, -0.2) is 11.8 Å². The molecule has 0 nitrogen and oxygen atoms in total. The number of unbranched alkanes of at least 4 members (excludes halogenated alkanes) is 2. The molecule has 2 heteroatoms. The summed E-state index contributed by atoms with van der Waals surface area (Å²) >= 11 is 6.46. The van der Waals surface area contributed by atoms with Gasteiger partial charge in [-0.05, 0) is 38.4 Å². The van der Waals surface area contributed by atoms with Crippen molar-refractivity contribution in [2.45, 2.75) is 63.9 Å². The normalized spacial score (nSPS) is 21.7. The Bertz CT molecular complexity index is 121. The third kappa shape index (κ3) is 4.66. The molecule has 13 heavy (non-hydrogen) atoms. The minimum atomic E-state index is -0.138. The van der Waals surface area contributed by atoms with Crippen molar-refractivity contribution >= 4 is 18.5 Å². The second-order valence-electron chi connectivity index (χ2n) is 4.12. The molecule has 0 N–H and O–H groups in total. The maximum atomic E-state index is 6.46. The maximum Gasteiger partial charge on any atom is -0.00656 e. The van der Waals surface area contributed by atoms with Gasteiger partial charge in [0.15, 0.2) is 0 Å². The van der Waals surface area contributed by atoms with E-state index in [0.717, 1.165) is 5.66 Å². The van der Waals surface area contributed by atoms with Crippen LogP contribution in [0.1, 0.15) is 58.3 Å². The minimum absolute atomic E-state index is 0.138. The number of rotatable bonds is 5. The van der Waals surface area contributed by atoms with E-state index in [1.807, 2.05) is 0 Å². The summed E-state index contributed by atoms with van der Waals surface area (Å²) in [4.78, 5) is 0. The molecule has 0 aromatic heterocycles. The van der Waals surface area contributed by atoms with Crippen molar-refractivity contribution in [3.05, 3.63) is 0 Å². The Morgan fingerprint density at radius 2 is 1.85 bits per heavy atom. The van der Waals surface area contributed by atoms with Crippen LogP contribution in [-0.2, 0) is 0 Å². The zero-order valence-electron chi connectivity index (χ0n) is 8.77. The lowest BCUT2D eigenvalue weighted by molar-refractivity contribution is 0.512. The van der Waals surface area contributed by atoms with E-state index in [4.69, 9.17) is 11.2 Å². The lowest BCUT2D eigenvalue weighted by atomic mass is 10.0. The SMILES string of the molecule is CCCCCP(Cl)C1CCCCC1. The van der Waals surface area contributed by atoms with E-state index < -0.39 is 0 Å². The van der Waals surface area contributed by atoms with Crippen LogP contribution in [0.3, 0.4) is 0 Å². The first-order valence-corrected chi connectivity index (χ1v) is 8.27. The molecule has 1 rings (SSSR count). The standard InChI is InChI=1S/C11H22ClP/c1-2-3-7-10-13(12)11-8-5-4-6-9-11/h11H,2-10H2,1H3. The van der Waals surface area contributed by atoms with E-state index in [9.17, 15) is 0 Å². The topological polar surface area (TPSA) is 0 Å². The molecule has 0 amide bonds. The fourth-order valence-electron chi connectivity index (χ4n) is 2.06. The average Bonchev–Trinajstić information content (AvgIpc) is 2.19. The van der Waals surface area contributed by atoms with Crippen LogP contribution >= 0.6 is 18.5 Å². The van der Waals surface area contributed by atoms with Gasteiger partial charge in [0.1, 0.15) is 0 Å². The van der Waals surface area contributed by atoms with Gasteiger partial charge in [-0.15, -0.1) is 0 Å². The fourth-order valence-corrected chi connectivity index (χ4v) is 4.82. The maximum absolute atomic E-state index is 6.46. The third-order valence-electron chi connectivity index (χ3n) is 2.95. The smallest absolute Gasteiger partial charge is 0.00656 e. The highest BCUT2D eigenvalue weighted by molar-refractivity contribution is 7.84. The Morgan fingerprint density at radius 3 is 2.46 bits per heavy atom. The Labute approximate surface area is 89.0 Å². The lowest BCUT2D eigenvalue weighted by Gasteiger charge is -2.25. The van der Waals surface area contributed by atoms with Gasteiger partial charge in [-0.3, -0.25) is 0 Å². The van der Waals surface area contributed by atoms with Crippen molar-refractivity contribution in [1.29, 1.82) is 0 Å². The molecule has 0 saturated heterocycles. The molecule has 0 aromatic rings. The second-order valence-corrected chi connectivity index (χ2v) is 7.40. The van der Waals surface area contributed by atoms with Crippen LogP contribution in [0.15, 0.2) is 0 Å². The van der Waals surface area contributed by atoms with Crippen molar-refractivity contribution in [2.24, 2.45) is 0 Å². The van der Waals surface area contributed by atoms with Gasteiger partial charge in [-0.2, -0.15) is 0 Å². The quantitative estimate of drug-likeness (QED) is 0.444. The predicted molar refractivity (Wildman–Crippen MR) is 64.0 cm³/mol. The van der Waals surface area contributed by atoms with Crippen LogP contribution < -0.4 is 0 Å². The van der Waals surface area contributed by atoms with Crippen molar-refractivity contribution in [1.82, 2.24) is 0 Å². The van der Waals surface area contributed by atoms with Gasteiger partial charge < -0.3 is 0 Å². The molecule has 78 valence electrons. The molecule has 0 aromatic carbocycles. The number of hydrogen-bond acceptors (Lipinski definition) is 0. The summed E-state index contributed by atoms with van der Waals surface area (Å²) in [5.41, 5.74) is 0.905. The summed E-state index contributed by atoms with van der Waals surface area (Å²) in [5, 5.41) is 0. The molecule has 1 aliphatic rings. The van der Waals surface area contributed by atoms with Gasteiger partial charge in [0.2, 0.25) is 0 Å². The van der Waals surface area contributed by atoms with E-state index in [1.165, 1.54) is 57.5 Å². The summed E-state index contributed by atoms with van der Waals surface area (Å²) in [7, 11) is -0.138. The zero-order valence-corrected chi connectivity index (χ0v) is 10.4. The molecule has 0 aliphatic heterocycles. The summed E-state index contributed by atoms with van der Waals surface area (Å²) in [6.45, 7) is 2.26. The first-order chi connectivity index (χ1) is 6.34. The van der Waals surface area contributed by atoms with E-state index in [-0.39, 0.29) is 7.27 Å². The summed E-state index contributed by atoms with van der Waals surface area (Å²) < 4.78 is 0. The van der Waals surface area contributed by atoms with E-state index in [1.54, 1.807) is 0 Å². The molecule has 0 radical (unpaired) electrons. The zero-order chi connectivity index (χ0) is 9.52. The Hall–Kier alpha value is 0.720. The minimum Gasteiger partial charge on any atom is -0.0961 e. The van der Waals surface area contributed by atoms with Gasteiger partial charge in [0.25, 0.3) is 0 Å². The largest absolute Gasteiger partial charge is 0.0961 e. The molecule has 0 heterocycles. The van der Waals surface area contributed by atoms with Gasteiger partial charge >= 0.3 is 0 Å². The van der Waals surface area contributed by atoms with Gasteiger partial charge in [-0.1, -0.05) is 50.3 Å². The molecule has 0 bridgehead atoms. The van der Waals surface area contributed by atoms with Crippen LogP contribution in [0.4, 0.5) is 0 Å². The second kappa shape index (κ2) is 7.07. The van der Waals surface area contributed by atoms with Gasteiger partial charge in [-0.25, -0.2) is 0 Å². The molecule has 1 unspecified atom stereocenters. The van der Waals surface area contributed by atoms with Crippen LogP contribution in [0.25, 0.3) is 0 Å². The number of halogens is 1. The highest BCUT2D eigenvalue weighted by Crippen LogP contribution is 2.52. The molecule has 1 atom stereocenters. The fraction of sp³-hybridized carbons (Fsp3) is 1.00. The number of hydrogen-bond donors (Lipinski definition) is 0. The van der Waals surface area contributed by atoms with Crippen molar-refractivity contribution in [3.8, 4) is 0 Å². The van der Waals surface area contributed by atoms with Gasteiger partial charge in [0, 0.05) is 0 Å². The van der Waals surface area contributed by atoms with E-state index in [2.05, 4.69) is 6.92 Å². The van der Waals surface area contributed by atoms with Crippen molar-refractivity contribution in [2.75, 3.05) is 6.16 Å². The highest BCUT2D eigenvalue weighted by atomic mass is 35.7. The monoisotopic (exact) mass is 220 g/mol. The van der Waals surface area contributed by atoms with E-state index in [0.29, 0.717) is 0 Å². The van der Waals surface area contributed by atoms with Crippen LogP contribution in [0, 0.1) is 0 Å². The van der Waals surface area contributed by atoms with Gasteiger partial charge in [0.05, 0.1) is 0 Å². The predicted octanol–water partition coefficient (Wildman–Crippen LogP) is 5.15.